The molecule has 5 aromatic rings. The summed E-state index contributed by atoms with van der Waals surface area (Å²) in [5, 5.41) is 14.2. The number of aromatic nitrogens is 2. The van der Waals surface area contributed by atoms with Gasteiger partial charge in [0.1, 0.15) is 12.1 Å². The summed E-state index contributed by atoms with van der Waals surface area (Å²) in [6.07, 6.45) is -0.158. The summed E-state index contributed by atoms with van der Waals surface area (Å²) in [6, 6.07) is 19.9. The Balaban J connectivity index is 1.74. The van der Waals surface area contributed by atoms with Crippen molar-refractivity contribution in [2.75, 3.05) is 11.9 Å². The number of carbonyl (C=O) groups is 2. The van der Waals surface area contributed by atoms with Crippen molar-refractivity contribution in [1.29, 1.82) is 0 Å². The van der Waals surface area contributed by atoms with Crippen LogP contribution in [0.25, 0.3) is 22.0 Å². The maximum absolute atomic E-state index is 14.2. The lowest BCUT2D eigenvalue weighted by atomic mass is 9.86. The summed E-state index contributed by atoms with van der Waals surface area (Å²) >= 11 is 0. The number of nitrogens with zero attached hydrogens (tertiary/aromatic N) is 2. The summed E-state index contributed by atoms with van der Waals surface area (Å²) in [4.78, 5) is 39.3. The number of esters is 1. The highest BCUT2D eigenvalue weighted by Crippen LogP contribution is 2.38. The first-order valence-electron chi connectivity index (χ1n) is 16.1. The van der Waals surface area contributed by atoms with E-state index in [1.165, 1.54) is 42.9 Å². The van der Waals surface area contributed by atoms with Gasteiger partial charge in [0, 0.05) is 54.5 Å². The van der Waals surface area contributed by atoms with E-state index in [9.17, 15) is 27.9 Å². The summed E-state index contributed by atoms with van der Waals surface area (Å²) in [5.41, 5.74) is 2.78. The smallest absolute Gasteiger partial charge is 0.302 e. The molecule has 1 amide bonds. The molecular weight excluding hydrogens is 658 g/mol. The number of fused-ring (bicyclic) bond motifs is 1. The molecule has 0 spiro atoms. The van der Waals surface area contributed by atoms with E-state index in [-0.39, 0.29) is 40.1 Å². The number of rotatable bonds is 10. The van der Waals surface area contributed by atoms with Gasteiger partial charge in [-0.15, -0.1) is 0 Å². The average Bonchev–Trinajstić information content (AvgIpc) is 3.48. The Morgan fingerprint density at radius 3 is 2.24 bits per heavy atom. The number of nitrogens with one attached hydrogen (secondary N) is 1. The molecule has 0 saturated heterocycles. The third-order valence-electron chi connectivity index (χ3n) is 8.40. The van der Waals surface area contributed by atoms with Crippen LogP contribution in [-0.2, 0) is 43.4 Å². The minimum atomic E-state index is -4.43. The van der Waals surface area contributed by atoms with Crippen molar-refractivity contribution < 1.29 is 32.6 Å². The van der Waals surface area contributed by atoms with E-state index in [1.807, 2.05) is 19.1 Å². The molecule has 1 atom stereocenters. The number of hydrogen-bond donors (Lipinski definition) is 2. The summed E-state index contributed by atoms with van der Waals surface area (Å²) in [7, 11) is -2.95. The van der Waals surface area contributed by atoms with Gasteiger partial charge in [0.2, 0.25) is 0 Å². The lowest BCUT2D eigenvalue weighted by molar-refractivity contribution is -0.142. The number of amides is 1. The standard InChI is InChI=1S/C38H41N3O8S/c1-8-48-37(45)33-20-29-30(21-40(7)36(44)34(29)41(33)50(46,47)27-18-12-23(2)13-19-27)28-10-9-11-32(31(28)22-49-24(3)42)39-35(43)25-14-16-26(17-15-25)38(4,5)6/h9-21,37,45H,8,22H2,1-7H3,(H,39,43). The Morgan fingerprint density at radius 2 is 1.64 bits per heavy atom. The normalized spacial score (nSPS) is 12.6. The quantitative estimate of drug-likeness (QED) is 0.130. The Bertz CT molecular complexity index is 2250. The molecule has 12 heteroatoms. The molecule has 262 valence electrons. The number of aryl methyl sites for hydroxylation is 2. The topological polar surface area (TPSA) is 146 Å². The van der Waals surface area contributed by atoms with Crippen LogP contribution in [0.4, 0.5) is 5.69 Å². The molecule has 3 aromatic carbocycles. The number of carbonyl (C=O) groups excluding carboxylic acids is 2. The SMILES string of the molecule is CCOC(O)c1cc2c(-c3cccc(NC(=O)c4ccc(C(C)(C)C)cc4)c3COC(C)=O)cn(C)c(=O)c2n1S(=O)(=O)c1ccc(C)cc1. The van der Waals surface area contributed by atoms with Crippen LogP contribution >= 0.6 is 0 Å². The second kappa shape index (κ2) is 14.1. The summed E-state index contributed by atoms with van der Waals surface area (Å²) < 4.78 is 41.4. The summed E-state index contributed by atoms with van der Waals surface area (Å²) in [5.74, 6) is -0.951. The van der Waals surface area contributed by atoms with Crippen LogP contribution in [0.15, 0.2) is 88.7 Å². The number of anilines is 1. The largest absolute Gasteiger partial charge is 0.461 e. The monoisotopic (exact) mass is 699 g/mol. The highest BCUT2D eigenvalue weighted by Gasteiger charge is 2.31. The minimum Gasteiger partial charge on any atom is -0.461 e. The second-order valence-electron chi connectivity index (χ2n) is 13.1. The maximum atomic E-state index is 14.2. The van der Waals surface area contributed by atoms with Gasteiger partial charge in [-0.1, -0.05) is 62.7 Å². The first-order valence-corrected chi connectivity index (χ1v) is 17.5. The molecular formula is C38H41N3O8S. The van der Waals surface area contributed by atoms with Gasteiger partial charge in [0.15, 0.2) is 6.29 Å². The Hall–Kier alpha value is -5.04. The molecule has 2 heterocycles. The fraction of sp³-hybridized carbons (Fsp3) is 0.289. The van der Waals surface area contributed by atoms with Gasteiger partial charge in [-0.25, -0.2) is 12.4 Å². The molecule has 0 aliphatic carbocycles. The lowest BCUT2D eigenvalue weighted by Gasteiger charge is -2.19. The molecule has 50 heavy (non-hydrogen) atoms. The Morgan fingerprint density at radius 1 is 0.980 bits per heavy atom. The van der Waals surface area contributed by atoms with Gasteiger partial charge in [-0.3, -0.25) is 14.4 Å². The molecule has 0 bridgehead atoms. The van der Waals surface area contributed by atoms with Crippen molar-refractivity contribution in [3.8, 4) is 11.1 Å². The number of hydrogen-bond acceptors (Lipinski definition) is 8. The Labute approximate surface area is 291 Å². The van der Waals surface area contributed by atoms with E-state index in [2.05, 4.69) is 26.1 Å². The molecule has 0 aliphatic heterocycles. The van der Waals surface area contributed by atoms with Crippen LogP contribution in [0, 0.1) is 6.92 Å². The molecule has 5 rings (SSSR count). The first kappa shape index (κ1) is 36.2. The van der Waals surface area contributed by atoms with Crippen molar-refractivity contribution in [2.45, 2.75) is 64.7 Å². The van der Waals surface area contributed by atoms with Crippen LogP contribution in [0.1, 0.15) is 73.7 Å². The number of ether oxygens (including phenoxy) is 2. The highest BCUT2D eigenvalue weighted by atomic mass is 32.2. The molecule has 2 N–H and O–H groups in total. The third kappa shape index (κ3) is 7.14. The third-order valence-corrected chi connectivity index (χ3v) is 10.1. The number of aliphatic hydroxyl groups excluding tert-OH is 1. The highest BCUT2D eigenvalue weighted by molar-refractivity contribution is 7.90. The predicted molar refractivity (Wildman–Crippen MR) is 192 cm³/mol. The van der Waals surface area contributed by atoms with Crippen LogP contribution in [-0.4, -0.2) is 40.5 Å². The fourth-order valence-electron chi connectivity index (χ4n) is 5.72. The van der Waals surface area contributed by atoms with Crippen molar-refractivity contribution in [2.24, 2.45) is 7.05 Å². The Kier molecular flexibility index (Phi) is 10.2. The number of benzene rings is 3. The molecule has 11 nitrogen and oxygen atoms in total. The van der Waals surface area contributed by atoms with E-state index in [1.54, 1.807) is 49.4 Å². The molecule has 2 aromatic heterocycles. The van der Waals surface area contributed by atoms with Gasteiger partial charge in [0.25, 0.3) is 21.5 Å². The molecule has 1 unspecified atom stereocenters. The van der Waals surface area contributed by atoms with E-state index in [4.69, 9.17) is 9.47 Å². The van der Waals surface area contributed by atoms with Crippen molar-refractivity contribution in [3.05, 3.63) is 117 Å². The van der Waals surface area contributed by atoms with E-state index >= 15 is 0 Å². The van der Waals surface area contributed by atoms with Gasteiger partial charge >= 0.3 is 5.97 Å². The predicted octanol–water partition coefficient (Wildman–Crippen LogP) is 6.19. The average molecular weight is 700 g/mol. The molecule has 0 radical (unpaired) electrons. The van der Waals surface area contributed by atoms with Crippen molar-refractivity contribution >= 4 is 38.5 Å². The second-order valence-corrected chi connectivity index (χ2v) is 14.9. The van der Waals surface area contributed by atoms with Crippen LogP contribution in [0.3, 0.4) is 0 Å². The summed E-state index contributed by atoms with van der Waals surface area (Å²) in [6.45, 7) is 10.8. The minimum absolute atomic E-state index is 0.0609. The lowest BCUT2D eigenvalue weighted by Crippen LogP contribution is -2.25. The molecule has 0 aliphatic rings. The van der Waals surface area contributed by atoms with Crippen molar-refractivity contribution in [3.63, 3.8) is 0 Å². The van der Waals surface area contributed by atoms with Gasteiger partial charge < -0.3 is 24.5 Å². The zero-order chi connectivity index (χ0) is 36.5. The van der Waals surface area contributed by atoms with E-state index in [0.717, 1.165) is 15.1 Å². The molecule has 0 fully saturated rings. The zero-order valence-corrected chi connectivity index (χ0v) is 29.9. The maximum Gasteiger partial charge on any atom is 0.302 e. The van der Waals surface area contributed by atoms with Crippen LogP contribution in [0.2, 0.25) is 0 Å². The van der Waals surface area contributed by atoms with Gasteiger partial charge in [-0.2, -0.15) is 0 Å². The number of pyridine rings is 1. The zero-order valence-electron chi connectivity index (χ0n) is 29.1. The fourth-order valence-corrected chi connectivity index (χ4v) is 7.24. The van der Waals surface area contributed by atoms with Gasteiger partial charge in [0.05, 0.1) is 10.6 Å². The van der Waals surface area contributed by atoms with Gasteiger partial charge in [-0.05, 0) is 66.8 Å². The number of aliphatic hydroxyl groups is 1. The van der Waals surface area contributed by atoms with Crippen LogP contribution in [0.5, 0.6) is 0 Å². The first-order chi connectivity index (χ1) is 23.5. The van der Waals surface area contributed by atoms with E-state index in [0.29, 0.717) is 27.9 Å². The van der Waals surface area contributed by atoms with Crippen molar-refractivity contribution in [1.82, 2.24) is 8.54 Å². The molecule has 0 saturated carbocycles. The van der Waals surface area contributed by atoms with E-state index < -0.39 is 33.7 Å². The van der Waals surface area contributed by atoms with Crippen LogP contribution < -0.4 is 10.9 Å².